The largest absolute Gasteiger partial charge is 0.245 e. The molecule has 1 rings (SSSR count). The predicted octanol–water partition coefficient (Wildman–Crippen LogP) is 3.11. The average molecular weight is 220 g/mol. The van der Waals surface area contributed by atoms with E-state index in [4.69, 9.17) is 11.6 Å². The van der Waals surface area contributed by atoms with E-state index in [0.29, 0.717) is 5.02 Å². The van der Waals surface area contributed by atoms with Crippen LogP contribution in [-0.2, 0) is 0 Å². The maximum absolute atomic E-state index is 5.84. The summed E-state index contributed by atoms with van der Waals surface area (Å²) in [7, 11) is 0. The summed E-state index contributed by atoms with van der Waals surface area (Å²) in [5.74, 6) is 0. The Bertz CT molecular complexity index is 237. The summed E-state index contributed by atoms with van der Waals surface area (Å²) in [5, 5.41) is 0.700. The molecule has 0 spiro atoms. The van der Waals surface area contributed by atoms with Crippen LogP contribution in [0.5, 0.6) is 0 Å². The van der Waals surface area contributed by atoms with Crippen LogP contribution in [0.3, 0.4) is 0 Å². The highest BCUT2D eigenvalue weighted by molar-refractivity contribution is 9.10. The highest BCUT2D eigenvalue weighted by atomic mass is 79.9. The van der Waals surface area contributed by atoms with Gasteiger partial charge in [0.25, 0.3) is 0 Å². The first-order chi connectivity index (χ1) is 4.61. The Morgan fingerprint density at radius 3 is 2.60 bits per heavy atom. The van der Waals surface area contributed by atoms with Gasteiger partial charge in [-0.3, -0.25) is 0 Å². The summed E-state index contributed by atoms with van der Waals surface area (Å²) in [6.45, 7) is 3.90. The van der Waals surface area contributed by atoms with Crippen molar-refractivity contribution in [2.75, 3.05) is 0 Å². The van der Waals surface area contributed by atoms with Crippen LogP contribution in [0.1, 0.15) is 11.3 Å². The Morgan fingerprint density at radius 1 is 1.50 bits per heavy atom. The Labute approximate surface area is 73.6 Å². The molecule has 0 saturated heterocycles. The maximum Gasteiger partial charge on any atom is 0.125 e. The van der Waals surface area contributed by atoms with E-state index in [0.717, 1.165) is 15.9 Å². The van der Waals surface area contributed by atoms with Gasteiger partial charge in [0.2, 0.25) is 0 Å². The van der Waals surface area contributed by atoms with Crippen molar-refractivity contribution in [2.24, 2.45) is 0 Å². The van der Waals surface area contributed by atoms with Crippen molar-refractivity contribution >= 4 is 27.5 Å². The summed E-state index contributed by atoms with van der Waals surface area (Å²) in [4.78, 5) is 4.12. The van der Waals surface area contributed by atoms with Gasteiger partial charge in [-0.2, -0.15) is 0 Å². The third-order valence-electron chi connectivity index (χ3n) is 1.23. The van der Waals surface area contributed by atoms with Crippen LogP contribution in [0.2, 0.25) is 5.02 Å². The van der Waals surface area contributed by atoms with Crippen LogP contribution in [0.15, 0.2) is 10.7 Å². The third-order valence-corrected chi connectivity index (χ3v) is 2.51. The van der Waals surface area contributed by atoms with Crippen molar-refractivity contribution in [3.63, 3.8) is 0 Å². The molecule has 0 unspecified atom stereocenters. The van der Waals surface area contributed by atoms with E-state index in [1.807, 2.05) is 19.9 Å². The molecule has 0 bridgehead atoms. The fourth-order valence-corrected chi connectivity index (χ4v) is 1.46. The normalized spacial score (nSPS) is 10.0. The van der Waals surface area contributed by atoms with E-state index >= 15 is 0 Å². The third kappa shape index (κ3) is 1.50. The van der Waals surface area contributed by atoms with Crippen LogP contribution in [0.4, 0.5) is 0 Å². The molecule has 0 aliphatic rings. The van der Waals surface area contributed by atoms with Gasteiger partial charge in [0, 0.05) is 5.69 Å². The molecule has 0 fully saturated rings. The number of rotatable bonds is 0. The lowest BCUT2D eigenvalue weighted by Gasteiger charge is -2.00. The lowest BCUT2D eigenvalue weighted by Crippen LogP contribution is -1.85. The second-order valence-corrected chi connectivity index (χ2v) is 3.31. The summed E-state index contributed by atoms with van der Waals surface area (Å²) in [5.41, 5.74) is 2.04. The Morgan fingerprint density at radius 2 is 2.10 bits per heavy atom. The molecule has 0 radical (unpaired) electrons. The molecular formula is C7H7BrClN. The molecule has 0 atom stereocenters. The van der Waals surface area contributed by atoms with Crippen molar-refractivity contribution in [3.05, 3.63) is 26.9 Å². The van der Waals surface area contributed by atoms with Crippen LogP contribution in [-0.4, -0.2) is 4.98 Å². The average Bonchev–Trinajstić information content (AvgIpc) is 1.82. The number of hydrogen-bond acceptors (Lipinski definition) is 1. The summed E-state index contributed by atoms with van der Waals surface area (Å²) in [6.07, 6.45) is 0. The lowest BCUT2D eigenvalue weighted by atomic mass is 10.2. The van der Waals surface area contributed by atoms with E-state index in [1.54, 1.807) is 0 Å². The van der Waals surface area contributed by atoms with Crippen LogP contribution in [0.25, 0.3) is 0 Å². The number of aromatic nitrogens is 1. The van der Waals surface area contributed by atoms with Crippen molar-refractivity contribution < 1.29 is 0 Å². The Balaban J connectivity index is 3.31. The van der Waals surface area contributed by atoms with Gasteiger partial charge < -0.3 is 0 Å². The topological polar surface area (TPSA) is 12.9 Å². The number of pyridine rings is 1. The predicted molar refractivity (Wildman–Crippen MR) is 46.4 cm³/mol. The molecule has 1 heterocycles. The van der Waals surface area contributed by atoms with E-state index in [2.05, 4.69) is 20.9 Å². The number of nitrogens with zero attached hydrogens (tertiary/aromatic N) is 1. The summed E-state index contributed by atoms with van der Waals surface area (Å²) in [6, 6.07) is 1.95. The molecule has 0 N–H and O–H groups in total. The number of aryl methyl sites for hydroxylation is 2. The van der Waals surface area contributed by atoms with Crippen molar-refractivity contribution in [1.29, 1.82) is 0 Å². The highest BCUT2D eigenvalue weighted by Gasteiger charge is 2.01. The molecule has 10 heavy (non-hydrogen) atoms. The molecule has 0 amide bonds. The smallest absolute Gasteiger partial charge is 0.125 e. The van der Waals surface area contributed by atoms with Gasteiger partial charge in [-0.15, -0.1) is 0 Å². The maximum atomic E-state index is 5.84. The molecule has 1 aromatic heterocycles. The van der Waals surface area contributed by atoms with Gasteiger partial charge >= 0.3 is 0 Å². The second kappa shape index (κ2) is 2.89. The number of hydrogen-bond donors (Lipinski definition) is 0. The van der Waals surface area contributed by atoms with Gasteiger partial charge in [0.1, 0.15) is 4.60 Å². The van der Waals surface area contributed by atoms with Crippen LogP contribution < -0.4 is 0 Å². The molecule has 0 aliphatic carbocycles. The summed E-state index contributed by atoms with van der Waals surface area (Å²) < 4.78 is 0.728. The zero-order valence-electron chi connectivity index (χ0n) is 5.78. The Kier molecular flexibility index (Phi) is 2.32. The first kappa shape index (κ1) is 8.02. The van der Waals surface area contributed by atoms with Crippen LogP contribution >= 0.6 is 27.5 Å². The van der Waals surface area contributed by atoms with Crippen molar-refractivity contribution in [3.8, 4) is 0 Å². The fraction of sp³-hybridized carbons (Fsp3) is 0.286. The molecule has 1 aromatic rings. The Hall–Kier alpha value is -0.0800. The van der Waals surface area contributed by atoms with Gasteiger partial charge in [-0.05, 0) is 41.4 Å². The number of halogens is 2. The first-order valence-electron chi connectivity index (χ1n) is 2.90. The van der Waals surface area contributed by atoms with Gasteiger partial charge in [0.15, 0.2) is 0 Å². The van der Waals surface area contributed by atoms with E-state index in [9.17, 15) is 0 Å². The first-order valence-corrected chi connectivity index (χ1v) is 4.07. The second-order valence-electron chi connectivity index (χ2n) is 2.19. The minimum absolute atomic E-state index is 0.700. The van der Waals surface area contributed by atoms with E-state index < -0.39 is 0 Å². The van der Waals surface area contributed by atoms with Gasteiger partial charge in [-0.1, -0.05) is 11.6 Å². The van der Waals surface area contributed by atoms with Crippen LogP contribution in [0, 0.1) is 13.8 Å². The molecule has 54 valence electrons. The molecule has 0 aliphatic heterocycles. The van der Waals surface area contributed by atoms with Gasteiger partial charge in [0.05, 0.1) is 5.02 Å². The quantitative estimate of drug-likeness (QED) is 0.612. The highest BCUT2D eigenvalue weighted by Crippen LogP contribution is 2.23. The minimum Gasteiger partial charge on any atom is -0.245 e. The minimum atomic E-state index is 0.700. The zero-order valence-corrected chi connectivity index (χ0v) is 8.12. The zero-order chi connectivity index (χ0) is 7.72. The van der Waals surface area contributed by atoms with Crippen molar-refractivity contribution in [2.45, 2.75) is 13.8 Å². The van der Waals surface area contributed by atoms with Gasteiger partial charge in [-0.25, -0.2) is 4.98 Å². The molecule has 0 saturated carbocycles. The molecule has 1 nitrogen and oxygen atoms in total. The SMILES string of the molecule is Cc1cc(C)c(Cl)c(Br)n1. The van der Waals surface area contributed by atoms with E-state index in [1.165, 1.54) is 0 Å². The van der Waals surface area contributed by atoms with Crippen molar-refractivity contribution in [1.82, 2.24) is 4.98 Å². The molecule has 0 aromatic carbocycles. The molecule has 3 heteroatoms. The fourth-order valence-electron chi connectivity index (χ4n) is 0.776. The molecular weight excluding hydrogens is 213 g/mol. The summed E-state index contributed by atoms with van der Waals surface area (Å²) >= 11 is 9.09. The monoisotopic (exact) mass is 219 g/mol. The lowest BCUT2D eigenvalue weighted by molar-refractivity contribution is 1.14. The van der Waals surface area contributed by atoms with E-state index in [-0.39, 0.29) is 0 Å². The standard InChI is InChI=1S/C7H7BrClN/c1-4-3-5(2)10-7(8)6(4)9/h3H,1-2H3.